The van der Waals surface area contributed by atoms with Crippen molar-refractivity contribution >= 4 is 39.5 Å². The Morgan fingerprint density at radius 3 is 2.45 bits per heavy atom. The van der Waals surface area contributed by atoms with Crippen molar-refractivity contribution in [1.29, 1.82) is 0 Å². The van der Waals surface area contributed by atoms with E-state index in [9.17, 15) is 23.1 Å². The number of carbonyl (C=O) groups is 2. The number of amides is 3. The van der Waals surface area contributed by atoms with Crippen LogP contribution in [0.15, 0.2) is 70.0 Å². The van der Waals surface area contributed by atoms with Crippen LogP contribution in [-0.2, 0) is 39.1 Å². The zero-order valence-corrected chi connectivity index (χ0v) is 31.5. The lowest BCUT2D eigenvalue weighted by Gasteiger charge is -2.35. The van der Waals surface area contributed by atoms with Crippen molar-refractivity contribution < 1.29 is 33.1 Å². The molecule has 3 amide bonds. The molecule has 0 radical (unpaired) electrons. The summed E-state index contributed by atoms with van der Waals surface area (Å²) in [6, 6.07) is 13.3. The highest BCUT2D eigenvalue weighted by Crippen LogP contribution is 2.24. The van der Waals surface area contributed by atoms with E-state index < -0.39 is 34.1 Å². The van der Waals surface area contributed by atoms with Gasteiger partial charge in [-0.15, -0.1) is 11.3 Å². The van der Waals surface area contributed by atoms with Gasteiger partial charge in [-0.2, -0.15) is 4.31 Å². The van der Waals surface area contributed by atoms with E-state index in [0.717, 1.165) is 16.3 Å². The number of carbonyl (C=O) groups excluding carboxylic acids is 2. The zero-order chi connectivity index (χ0) is 37.1. The summed E-state index contributed by atoms with van der Waals surface area (Å²) in [5.41, 5.74) is 2.13. The highest BCUT2D eigenvalue weighted by Gasteiger charge is 2.41. The number of thiazole rings is 1. The zero-order valence-electron chi connectivity index (χ0n) is 29.9. The minimum atomic E-state index is -4.06. The lowest BCUT2D eigenvalue weighted by atomic mass is 9.95. The van der Waals surface area contributed by atoms with E-state index in [1.54, 1.807) is 16.9 Å². The summed E-state index contributed by atoms with van der Waals surface area (Å²) in [5, 5.41) is 29.4. The molecule has 4 atom stereocenters. The van der Waals surface area contributed by atoms with Gasteiger partial charge in [-0.1, -0.05) is 81.7 Å². The fraction of sp³-hybridized carbons (Fsp3) is 0.500. The molecular formula is C36H50N6O7S2. The lowest BCUT2D eigenvalue weighted by Crippen LogP contribution is -2.57. The fourth-order valence-corrected chi connectivity index (χ4v) is 8.50. The Balaban J connectivity index is 1.57. The van der Waals surface area contributed by atoms with E-state index >= 15 is 0 Å². The van der Waals surface area contributed by atoms with Crippen molar-refractivity contribution in [2.24, 2.45) is 17.0 Å². The molecule has 2 heterocycles. The molecule has 1 fully saturated rings. The number of hydrogen-bond donors (Lipinski definition) is 3. The number of aliphatic hydroxyl groups is 1. The Hall–Kier alpha value is -3.89. The minimum Gasteiger partial charge on any atom is -0.411 e. The van der Waals surface area contributed by atoms with Crippen LogP contribution in [0.2, 0.25) is 0 Å². The molecule has 0 bridgehead atoms. The molecule has 51 heavy (non-hydrogen) atoms. The van der Waals surface area contributed by atoms with Crippen LogP contribution in [0.3, 0.4) is 0 Å². The molecule has 0 aliphatic carbocycles. The molecule has 1 aliphatic heterocycles. The molecule has 3 N–H and O–H groups in total. The van der Waals surface area contributed by atoms with Crippen LogP contribution >= 0.6 is 11.3 Å². The van der Waals surface area contributed by atoms with E-state index in [1.165, 1.54) is 46.1 Å². The maximum absolute atomic E-state index is 14.3. The van der Waals surface area contributed by atoms with Gasteiger partial charge in [0.2, 0.25) is 15.9 Å². The first kappa shape index (κ1) is 39.9. The van der Waals surface area contributed by atoms with Gasteiger partial charge < -0.3 is 30.2 Å². The molecule has 1 saturated heterocycles. The summed E-state index contributed by atoms with van der Waals surface area (Å²) in [5.74, 6) is -0.674. The number of urea groups is 1. The summed E-state index contributed by atoms with van der Waals surface area (Å²) in [4.78, 5) is 35.9. The minimum absolute atomic E-state index is 0.0237. The Morgan fingerprint density at radius 2 is 1.82 bits per heavy atom. The third-order valence-electron chi connectivity index (χ3n) is 8.91. The second-order valence-corrected chi connectivity index (χ2v) is 16.2. The molecular weight excluding hydrogens is 693 g/mol. The molecule has 2 aromatic carbocycles. The first-order chi connectivity index (χ1) is 24.4. The number of methoxy groups -OCH3 is 1. The van der Waals surface area contributed by atoms with Crippen LogP contribution in [0.4, 0.5) is 4.79 Å². The van der Waals surface area contributed by atoms with Gasteiger partial charge in [-0.25, -0.2) is 18.2 Å². The van der Waals surface area contributed by atoms with Crippen molar-refractivity contribution in [1.82, 2.24) is 24.4 Å². The number of aromatic nitrogens is 1. The first-order valence-electron chi connectivity index (χ1n) is 17.2. The van der Waals surface area contributed by atoms with Crippen molar-refractivity contribution in [3.63, 3.8) is 0 Å². The predicted octanol–water partition coefficient (Wildman–Crippen LogP) is 4.19. The van der Waals surface area contributed by atoms with Gasteiger partial charge in [0.05, 0.1) is 42.1 Å². The van der Waals surface area contributed by atoms with E-state index in [0.29, 0.717) is 38.2 Å². The van der Waals surface area contributed by atoms with Crippen LogP contribution in [0.5, 0.6) is 0 Å². The van der Waals surface area contributed by atoms with Gasteiger partial charge in [0, 0.05) is 38.7 Å². The Morgan fingerprint density at radius 1 is 1.12 bits per heavy atom. The van der Waals surface area contributed by atoms with Crippen molar-refractivity contribution in [3.05, 3.63) is 81.8 Å². The number of nitrogens with zero attached hydrogens (tertiary/aromatic N) is 5. The van der Waals surface area contributed by atoms with Gasteiger partial charge in [0.1, 0.15) is 11.0 Å². The monoisotopic (exact) mass is 742 g/mol. The second kappa shape index (κ2) is 18.6. The number of sulfonamides is 1. The SMILES string of the molecule is CC[C@H](C)[C@@H](C(=O)N[C@@H](Cc1ccccc1)[C@H](O)CN(CC(C)C)S(=O)(=O)c1ccc(C=NO)cc1)N1CCN(Cc2csc(COC)n2)C1=O. The number of hydrogen-bond acceptors (Lipinski definition) is 10. The smallest absolute Gasteiger partial charge is 0.321 e. The molecule has 13 nitrogen and oxygen atoms in total. The largest absolute Gasteiger partial charge is 0.411 e. The number of rotatable bonds is 19. The Labute approximate surface area is 305 Å². The van der Waals surface area contributed by atoms with Crippen LogP contribution < -0.4 is 5.32 Å². The summed E-state index contributed by atoms with van der Waals surface area (Å²) in [7, 11) is -2.46. The van der Waals surface area contributed by atoms with Gasteiger partial charge in [-0.3, -0.25) is 4.79 Å². The molecule has 1 aromatic heterocycles. The average Bonchev–Trinajstić information content (AvgIpc) is 3.70. The molecule has 0 spiro atoms. The fourth-order valence-electron chi connectivity index (χ4n) is 6.12. The first-order valence-corrected chi connectivity index (χ1v) is 19.5. The van der Waals surface area contributed by atoms with Gasteiger partial charge >= 0.3 is 6.03 Å². The Bertz CT molecular complexity index is 1700. The third kappa shape index (κ3) is 10.6. The summed E-state index contributed by atoms with van der Waals surface area (Å²) in [6.45, 7) is 9.01. The van der Waals surface area contributed by atoms with E-state index in [2.05, 4.69) is 15.5 Å². The van der Waals surface area contributed by atoms with E-state index in [1.807, 2.05) is 63.4 Å². The topological polar surface area (TPSA) is 165 Å². The normalized spacial score (nSPS) is 16.3. The van der Waals surface area contributed by atoms with Crippen molar-refractivity contribution in [2.75, 3.05) is 33.3 Å². The van der Waals surface area contributed by atoms with E-state index in [-0.39, 0.29) is 42.3 Å². The molecule has 3 aromatic rings. The number of oxime groups is 1. The lowest BCUT2D eigenvalue weighted by molar-refractivity contribution is -0.128. The predicted molar refractivity (Wildman–Crippen MR) is 196 cm³/mol. The third-order valence-corrected chi connectivity index (χ3v) is 11.6. The average molecular weight is 743 g/mol. The maximum Gasteiger partial charge on any atom is 0.321 e. The molecule has 1 aliphatic rings. The van der Waals surface area contributed by atoms with Crippen LogP contribution in [0.1, 0.15) is 55.9 Å². The van der Waals surface area contributed by atoms with Gasteiger partial charge in [0.25, 0.3) is 0 Å². The van der Waals surface area contributed by atoms with Gasteiger partial charge in [-0.05, 0) is 41.5 Å². The van der Waals surface area contributed by atoms with Crippen LogP contribution in [-0.4, -0.2) is 107 Å². The molecule has 0 unspecified atom stereocenters. The van der Waals surface area contributed by atoms with Crippen molar-refractivity contribution in [3.8, 4) is 0 Å². The number of nitrogens with one attached hydrogen (secondary N) is 1. The number of ether oxygens (including phenoxy) is 1. The second-order valence-electron chi connectivity index (χ2n) is 13.3. The van der Waals surface area contributed by atoms with Gasteiger partial charge in [0.15, 0.2) is 0 Å². The number of benzene rings is 2. The highest BCUT2D eigenvalue weighted by atomic mass is 32.2. The molecule has 15 heteroatoms. The van der Waals surface area contributed by atoms with E-state index in [4.69, 9.17) is 9.94 Å². The molecule has 278 valence electrons. The van der Waals surface area contributed by atoms with Crippen LogP contribution in [0, 0.1) is 11.8 Å². The Kier molecular flexibility index (Phi) is 14.5. The summed E-state index contributed by atoms with van der Waals surface area (Å²) >= 11 is 1.47. The highest BCUT2D eigenvalue weighted by molar-refractivity contribution is 7.89. The molecule has 0 saturated carbocycles. The van der Waals surface area contributed by atoms with Crippen LogP contribution in [0.25, 0.3) is 0 Å². The maximum atomic E-state index is 14.3. The summed E-state index contributed by atoms with van der Waals surface area (Å²) < 4.78 is 34.2. The molecule has 4 rings (SSSR count). The summed E-state index contributed by atoms with van der Waals surface area (Å²) in [6.07, 6.45) is 0.767. The quantitative estimate of drug-likeness (QED) is 0.0936. The standard InChI is InChI=1S/C36H50N6O7S2/c1-6-26(4)34(42-17-16-40(36(42)45)21-29-24-50-33(38-29)23-49-5)35(44)39-31(18-27-10-8-7-9-11-27)32(43)22-41(20-25(2)3)51(47,48)30-14-12-28(13-15-30)19-37-46/h7-15,19,24-26,31-32,34,43,46H,6,16-18,20-23H2,1-5H3,(H,39,44)/t26-,31-,32+,34-/m0/s1. The number of aliphatic hydroxyl groups excluding tert-OH is 1. The van der Waals surface area contributed by atoms with Crippen molar-refractivity contribution in [2.45, 2.75) is 76.8 Å².